The number of nitrogens with zero attached hydrogens (tertiary/aromatic N) is 1. The number of nitro groups is 1. The molecule has 6 heteroatoms. The Morgan fingerprint density at radius 1 is 1.40 bits per heavy atom. The van der Waals surface area contributed by atoms with Gasteiger partial charge in [0.05, 0.1) is 10.3 Å². The first-order chi connectivity index (χ1) is 9.43. The van der Waals surface area contributed by atoms with Crippen LogP contribution in [0.25, 0.3) is 0 Å². The van der Waals surface area contributed by atoms with Crippen molar-refractivity contribution >= 4 is 17.3 Å². The molecule has 2 unspecified atom stereocenters. The van der Waals surface area contributed by atoms with E-state index < -0.39 is 16.3 Å². The molecule has 0 amide bonds. The molecule has 2 N–H and O–H groups in total. The van der Waals surface area contributed by atoms with Gasteiger partial charge in [0.1, 0.15) is 0 Å². The van der Waals surface area contributed by atoms with Crippen molar-refractivity contribution in [2.45, 2.75) is 38.6 Å². The van der Waals surface area contributed by atoms with Crippen LogP contribution in [-0.4, -0.2) is 22.0 Å². The predicted octanol–water partition coefficient (Wildman–Crippen LogP) is 3.04. The molecule has 2 atom stereocenters. The first-order valence-electron chi connectivity index (χ1n) is 6.68. The van der Waals surface area contributed by atoms with Gasteiger partial charge in [-0.3, -0.25) is 14.9 Å². The maximum Gasteiger partial charge on any atom is 0.311 e. The summed E-state index contributed by atoms with van der Waals surface area (Å²) < 4.78 is 0. The molecule has 0 bridgehead atoms. The number of carboxylic acids is 1. The summed E-state index contributed by atoms with van der Waals surface area (Å²) in [4.78, 5) is 21.6. The highest BCUT2D eigenvalue weighted by molar-refractivity contribution is 5.76. The van der Waals surface area contributed by atoms with Crippen molar-refractivity contribution < 1.29 is 14.8 Å². The third kappa shape index (κ3) is 2.74. The van der Waals surface area contributed by atoms with E-state index >= 15 is 0 Å². The minimum absolute atomic E-state index is 0.0280. The first-order valence-corrected chi connectivity index (χ1v) is 6.68. The fourth-order valence-electron chi connectivity index (χ4n) is 2.70. The normalized spacial score (nSPS) is 25.9. The van der Waals surface area contributed by atoms with Crippen LogP contribution in [0.1, 0.15) is 32.6 Å². The topological polar surface area (TPSA) is 92.5 Å². The van der Waals surface area contributed by atoms with Gasteiger partial charge in [-0.15, -0.1) is 0 Å². The minimum atomic E-state index is -0.795. The third-order valence-corrected chi connectivity index (χ3v) is 4.12. The van der Waals surface area contributed by atoms with E-state index in [1.807, 2.05) is 0 Å². The van der Waals surface area contributed by atoms with Gasteiger partial charge in [-0.2, -0.15) is 0 Å². The highest BCUT2D eigenvalue weighted by Gasteiger charge is 2.43. The SMILES string of the molecule is CC1(C(=O)O)CCCCC1Nc1ccc([N+](=O)[O-])cc1. The van der Waals surface area contributed by atoms with Crippen LogP contribution in [0.5, 0.6) is 0 Å². The fraction of sp³-hybridized carbons (Fsp3) is 0.500. The van der Waals surface area contributed by atoms with Gasteiger partial charge in [0.2, 0.25) is 0 Å². The molecule has 0 radical (unpaired) electrons. The lowest BCUT2D eigenvalue weighted by Gasteiger charge is -2.38. The molecule has 1 aromatic rings. The van der Waals surface area contributed by atoms with Crippen molar-refractivity contribution in [2.75, 3.05) is 5.32 Å². The molecule has 0 aliphatic heterocycles. The molecule has 2 rings (SSSR count). The third-order valence-electron chi connectivity index (χ3n) is 4.12. The van der Waals surface area contributed by atoms with E-state index in [1.54, 1.807) is 19.1 Å². The van der Waals surface area contributed by atoms with E-state index in [2.05, 4.69) is 5.32 Å². The van der Waals surface area contributed by atoms with Gasteiger partial charge in [-0.25, -0.2) is 0 Å². The lowest BCUT2D eigenvalue weighted by Crippen LogP contribution is -2.46. The Bertz CT molecular complexity index is 514. The molecule has 1 fully saturated rings. The van der Waals surface area contributed by atoms with E-state index in [-0.39, 0.29) is 11.7 Å². The summed E-state index contributed by atoms with van der Waals surface area (Å²) in [7, 11) is 0. The van der Waals surface area contributed by atoms with E-state index in [0.717, 1.165) is 24.9 Å². The molecule has 1 aromatic carbocycles. The summed E-state index contributed by atoms with van der Waals surface area (Å²) in [5.74, 6) is -0.795. The number of rotatable bonds is 4. The maximum atomic E-state index is 11.5. The van der Waals surface area contributed by atoms with Crippen molar-refractivity contribution in [3.8, 4) is 0 Å². The molecule has 0 saturated heterocycles. The van der Waals surface area contributed by atoms with Gasteiger partial charge < -0.3 is 10.4 Å². The zero-order valence-corrected chi connectivity index (χ0v) is 11.3. The van der Waals surface area contributed by atoms with Crippen LogP contribution >= 0.6 is 0 Å². The average molecular weight is 278 g/mol. The Hall–Kier alpha value is -2.11. The van der Waals surface area contributed by atoms with Crippen molar-refractivity contribution in [1.29, 1.82) is 0 Å². The highest BCUT2D eigenvalue weighted by Crippen LogP contribution is 2.38. The van der Waals surface area contributed by atoms with E-state index in [9.17, 15) is 20.0 Å². The predicted molar refractivity (Wildman–Crippen MR) is 74.7 cm³/mol. The Kier molecular flexibility index (Phi) is 3.92. The Labute approximate surface area is 117 Å². The van der Waals surface area contributed by atoms with Crippen LogP contribution < -0.4 is 5.32 Å². The lowest BCUT2D eigenvalue weighted by atomic mass is 9.71. The van der Waals surface area contributed by atoms with Gasteiger partial charge >= 0.3 is 5.97 Å². The smallest absolute Gasteiger partial charge is 0.311 e. The van der Waals surface area contributed by atoms with Crippen LogP contribution in [-0.2, 0) is 4.79 Å². The van der Waals surface area contributed by atoms with Crippen molar-refractivity contribution in [3.63, 3.8) is 0 Å². The highest BCUT2D eigenvalue weighted by atomic mass is 16.6. The molecule has 0 heterocycles. The number of nitro benzene ring substituents is 1. The van der Waals surface area contributed by atoms with Crippen molar-refractivity contribution in [3.05, 3.63) is 34.4 Å². The second kappa shape index (κ2) is 5.48. The number of hydrogen-bond acceptors (Lipinski definition) is 4. The van der Waals surface area contributed by atoms with Gasteiger partial charge in [0, 0.05) is 23.9 Å². The van der Waals surface area contributed by atoms with Crippen LogP contribution in [0.4, 0.5) is 11.4 Å². The van der Waals surface area contributed by atoms with Gasteiger partial charge in [0.15, 0.2) is 0 Å². The van der Waals surface area contributed by atoms with Crippen LogP contribution in [0.15, 0.2) is 24.3 Å². The molecular formula is C14H18N2O4. The number of non-ortho nitro benzene ring substituents is 1. The molecular weight excluding hydrogens is 260 g/mol. The first kappa shape index (κ1) is 14.3. The van der Waals surface area contributed by atoms with Gasteiger partial charge in [-0.05, 0) is 31.9 Å². The number of nitrogens with one attached hydrogen (secondary N) is 1. The molecule has 0 aromatic heterocycles. The minimum Gasteiger partial charge on any atom is -0.481 e. The zero-order valence-electron chi connectivity index (χ0n) is 11.3. The number of benzene rings is 1. The Morgan fingerprint density at radius 3 is 2.60 bits per heavy atom. The summed E-state index contributed by atoms with van der Waals surface area (Å²) in [5.41, 5.74) is -0.0461. The van der Waals surface area contributed by atoms with E-state index in [1.165, 1.54) is 12.1 Å². The van der Waals surface area contributed by atoms with Gasteiger partial charge in [0.25, 0.3) is 5.69 Å². The molecule has 20 heavy (non-hydrogen) atoms. The Morgan fingerprint density at radius 2 is 2.05 bits per heavy atom. The molecule has 1 aliphatic rings. The summed E-state index contributed by atoms with van der Waals surface area (Å²) in [6.07, 6.45) is 3.35. The van der Waals surface area contributed by atoms with E-state index in [4.69, 9.17) is 0 Å². The molecule has 0 spiro atoms. The molecule has 108 valence electrons. The monoisotopic (exact) mass is 278 g/mol. The molecule has 1 saturated carbocycles. The van der Waals surface area contributed by atoms with E-state index in [0.29, 0.717) is 6.42 Å². The molecule has 6 nitrogen and oxygen atoms in total. The number of carboxylic acid groups (broad SMARTS) is 1. The maximum absolute atomic E-state index is 11.5. The van der Waals surface area contributed by atoms with Crippen LogP contribution in [0, 0.1) is 15.5 Å². The molecule has 1 aliphatic carbocycles. The summed E-state index contributed by atoms with van der Waals surface area (Å²) in [6.45, 7) is 1.76. The Balaban J connectivity index is 2.15. The lowest BCUT2D eigenvalue weighted by molar-refractivity contribution is -0.384. The van der Waals surface area contributed by atoms with Gasteiger partial charge in [-0.1, -0.05) is 12.8 Å². The number of carbonyl (C=O) groups is 1. The zero-order chi connectivity index (χ0) is 14.8. The second-order valence-electron chi connectivity index (χ2n) is 5.47. The second-order valence-corrected chi connectivity index (χ2v) is 5.47. The summed E-state index contributed by atoms with van der Waals surface area (Å²) in [5, 5.41) is 23.3. The number of aliphatic carboxylic acids is 1. The van der Waals surface area contributed by atoms with Crippen LogP contribution in [0.2, 0.25) is 0 Å². The fourth-order valence-corrected chi connectivity index (χ4v) is 2.70. The number of hydrogen-bond donors (Lipinski definition) is 2. The largest absolute Gasteiger partial charge is 0.481 e. The summed E-state index contributed by atoms with van der Waals surface area (Å²) in [6, 6.07) is 5.92. The summed E-state index contributed by atoms with van der Waals surface area (Å²) >= 11 is 0. The van der Waals surface area contributed by atoms with Crippen molar-refractivity contribution in [1.82, 2.24) is 0 Å². The standard InChI is InChI=1S/C14H18N2O4/c1-14(13(17)18)9-3-2-4-12(14)15-10-5-7-11(8-6-10)16(19)20/h5-8,12,15H,2-4,9H2,1H3,(H,17,18). The average Bonchev–Trinajstić information content (AvgIpc) is 2.42. The number of anilines is 1. The van der Waals surface area contributed by atoms with Crippen molar-refractivity contribution in [2.24, 2.45) is 5.41 Å². The quantitative estimate of drug-likeness (QED) is 0.652. The van der Waals surface area contributed by atoms with Crippen LogP contribution in [0.3, 0.4) is 0 Å².